The summed E-state index contributed by atoms with van der Waals surface area (Å²) in [5.41, 5.74) is 18.3. The maximum Gasteiger partial charge on any atom is 0.0107 e. The van der Waals surface area contributed by atoms with E-state index in [0.717, 1.165) is 111 Å². The van der Waals surface area contributed by atoms with Crippen molar-refractivity contribution in [2.24, 2.45) is 17.2 Å². The van der Waals surface area contributed by atoms with Crippen molar-refractivity contribution in [1.29, 1.82) is 0 Å². The minimum Gasteiger partial charge on any atom is -0.330 e. The summed E-state index contributed by atoms with van der Waals surface area (Å²) in [6, 6.07) is 0. The largest absolute Gasteiger partial charge is 0.330 e. The first-order valence-corrected chi connectivity index (χ1v) is 12.8. The number of hydrogen-bond donors (Lipinski definition) is 8. The van der Waals surface area contributed by atoms with Gasteiger partial charge in [0.25, 0.3) is 0 Å². The zero-order valence-electron chi connectivity index (χ0n) is 20.9. The summed E-state index contributed by atoms with van der Waals surface area (Å²) in [7, 11) is 0. The third kappa shape index (κ3) is 22.6. The third-order valence-corrected chi connectivity index (χ3v) is 5.19. The fourth-order valence-electron chi connectivity index (χ4n) is 3.48. The fourth-order valence-corrected chi connectivity index (χ4v) is 3.48. The Balaban J connectivity index is 3.29. The van der Waals surface area contributed by atoms with Gasteiger partial charge in [-0.05, 0) is 51.9 Å². The predicted octanol–water partition coefficient (Wildman–Crippen LogP) is -1.38. The second kappa shape index (κ2) is 26.6. The molecule has 0 heterocycles. The van der Waals surface area contributed by atoms with Crippen LogP contribution in [0.25, 0.3) is 0 Å². The summed E-state index contributed by atoms with van der Waals surface area (Å²) < 4.78 is 0. The molecule has 0 aromatic carbocycles. The summed E-state index contributed by atoms with van der Waals surface area (Å²) >= 11 is 0. The average molecular weight is 458 g/mol. The van der Waals surface area contributed by atoms with Crippen molar-refractivity contribution in [1.82, 2.24) is 31.5 Å². The molecule has 0 spiro atoms. The number of hydrogen-bond acceptors (Lipinski definition) is 9. The van der Waals surface area contributed by atoms with Crippen LogP contribution in [0.1, 0.15) is 32.6 Å². The van der Waals surface area contributed by atoms with E-state index in [0.29, 0.717) is 13.1 Å². The van der Waals surface area contributed by atoms with E-state index in [1.165, 1.54) is 12.0 Å². The van der Waals surface area contributed by atoms with Gasteiger partial charge in [0.1, 0.15) is 0 Å². The molecule has 0 aliphatic heterocycles. The lowest BCUT2D eigenvalue weighted by atomic mass is 10.1. The van der Waals surface area contributed by atoms with Crippen molar-refractivity contribution in [3.8, 4) is 0 Å². The van der Waals surface area contributed by atoms with Crippen molar-refractivity contribution in [2.75, 3.05) is 105 Å². The molecule has 0 saturated heterocycles. The maximum atomic E-state index is 5.66. The molecule has 0 amide bonds. The molecule has 0 unspecified atom stereocenters. The molecule has 192 valence electrons. The lowest BCUT2D eigenvalue weighted by Crippen LogP contribution is -2.39. The Morgan fingerprint density at radius 3 is 1.50 bits per heavy atom. The summed E-state index contributed by atoms with van der Waals surface area (Å²) in [6.07, 6.45) is 6.45. The molecule has 0 aromatic rings. The number of nitrogens with one attached hydrogen (secondary N) is 5. The molecule has 0 rings (SSSR count). The highest BCUT2D eigenvalue weighted by Gasteiger charge is 2.01. The Kier molecular flexibility index (Phi) is 26.1. The molecule has 9 nitrogen and oxygen atoms in total. The average Bonchev–Trinajstić information content (AvgIpc) is 2.78. The van der Waals surface area contributed by atoms with Gasteiger partial charge < -0.3 is 48.7 Å². The first-order valence-electron chi connectivity index (χ1n) is 12.8. The Labute approximate surface area is 198 Å². The van der Waals surface area contributed by atoms with Crippen molar-refractivity contribution < 1.29 is 0 Å². The van der Waals surface area contributed by atoms with E-state index in [9.17, 15) is 0 Å². The molecule has 0 aliphatic carbocycles. The van der Waals surface area contributed by atoms with Gasteiger partial charge in [0.15, 0.2) is 0 Å². The van der Waals surface area contributed by atoms with Crippen LogP contribution in [-0.2, 0) is 0 Å². The molecule has 11 N–H and O–H groups in total. The molecule has 9 heteroatoms. The van der Waals surface area contributed by atoms with Crippen LogP contribution in [0.4, 0.5) is 0 Å². The highest BCUT2D eigenvalue weighted by atomic mass is 15.1. The quantitative estimate of drug-likeness (QED) is 0.0582. The number of nitrogens with two attached hydrogens (primary N) is 3. The van der Waals surface area contributed by atoms with Gasteiger partial charge in [-0.25, -0.2) is 0 Å². The summed E-state index contributed by atoms with van der Waals surface area (Å²) in [5, 5.41) is 17.4. The van der Waals surface area contributed by atoms with Crippen LogP contribution in [0.2, 0.25) is 0 Å². The van der Waals surface area contributed by atoms with Crippen molar-refractivity contribution >= 4 is 0 Å². The first kappa shape index (κ1) is 31.4. The van der Waals surface area contributed by atoms with Crippen molar-refractivity contribution in [3.05, 3.63) is 11.6 Å². The minimum absolute atomic E-state index is 0.707. The highest BCUT2D eigenvalue weighted by molar-refractivity contribution is 5.02. The Hall–Kier alpha value is -0.620. The lowest BCUT2D eigenvalue weighted by molar-refractivity contribution is 0.281. The number of nitrogens with zero attached hydrogens (tertiary/aromatic N) is 1. The fraction of sp³-hybridized carbons (Fsp3) is 0.913. The van der Waals surface area contributed by atoms with E-state index in [4.69, 9.17) is 17.2 Å². The third-order valence-electron chi connectivity index (χ3n) is 5.19. The molecule has 0 radical (unpaired) electrons. The minimum atomic E-state index is 0.707. The van der Waals surface area contributed by atoms with Crippen LogP contribution in [-0.4, -0.2) is 110 Å². The van der Waals surface area contributed by atoms with E-state index in [2.05, 4.69) is 44.5 Å². The van der Waals surface area contributed by atoms with Gasteiger partial charge in [0.05, 0.1) is 0 Å². The van der Waals surface area contributed by atoms with Gasteiger partial charge in [-0.1, -0.05) is 18.6 Å². The molecule has 0 fully saturated rings. The van der Waals surface area contributed by atoms with E-state index in [1.54, 1.807) is 0 Å². The zero-order valence-corrected chi connectivity index (χ0v) is 20.9. The van der Waals surface area contributed by atoms with Gasteiger partial charge in [-0.2, -0.15) is 0 Å². The Bertz CT molecular complexity index is 380. The van der Waals surface area contributed by atoms with Crippen molar-refractivity contribution in [3.63, 3.8) is 0 Å². The molecule has 0 atom stereocenters. The van der Waals surface area contributed by atoms with Crippen LogP contribution in [0.3, 0.4) is 0 Å². The molecule has 0 saturated carbocycles. The van der Waals surface area contributed by atoms with Crippen LogP contribution in [0, 0.1) is 0 Å². The molecular weight excluding hydrogens is 402 g/mol. The van der Waals surface area contributed by atoms with Gasteiger partial charge in [-0.15, -0.1) is 0 Å². The van der Waals surface area contributed by atoms with E-state index in [1.807, 2.05) is 0 Å². The van der Waals surface area contributed by atoms with Gasteiger partial charge >= 0.3 is 0 Å². The van der Waals surface area contributed by atoms with Crippen LogP contribution in [0.15, 0.2) is 11.6 Å². The second-order valence-electron chi connectivity index (χ2n) is 8.11. The molecular formula is C23H55N9. The highest BCUT2D eigenvalue weighted by Crippen LogP contribution is 2.05. The summed E-state index contributed by atoms with van der Waals surface area (Å²) in [4.78, 5) is 2.43. The van der Waals surface area contributed by atoms with Gasteiger partial charge in [0, 0.05) is 78.5 Å². The summed E-state index contributed by atoms with van der Waals surface area (Å²) in [5.74, 6) is 0. The predicted molar refractivity (Wildman–Crippen MR) is 140 cm³/mol. The SMILES string of the molecule is CCCN(CCN)CCNCCNCCNCCNCCNCCC=C(CCN)CCN. The van der Waals surface area contributed by atoms with E-state index >= 15 is 0 Å². The Morgan fingerprint density at radius 2 is 1.06 bits per heavy atom. The lowest BCUT2D eigenvalue weighted by Gasteiger charge is -2.20. The standard InChI is InChI=1S/C23H55N9/c1-2-20-32(21-9-26)22-19-31-18-17-30-16-15-29-14-13-28-12-11-27-10-3-4-23(5-7-24)6-8-25/h4,27-31H,2-3,5-22,24-26H2,1H3. The monoisotopic (exact) mass is 457 g/mol. The van der Waals surface area contributed by atoms with Gasteiger partial charge in [-0.3, -0.25) is 0 Å². The zero-order chi connectivity index (χ0) is 23.5. The molecule has 32 heavy (non-hydrogen) atoms. The normalized spacial score (nSPS) is 11.4. The Morgan fingerprint density at radius 1 is 0.594 bits per heavy atom. The second-order valence-corrected chi connectivity index (χ2v) is 8.11. The summed E-state index contributed by atoms with van der Waals surface area (Å²) in [6.45, 7) is 17.6. The number of rotatable bonds is 26. The van der Waals surface area contributed by atoms with Gasteiger partial charge in [0.2, 0.25) is 0 Å². The smallest absolute Gasteiger partial charge is 0.0107 e. The molecule has 0 aliphatic rings. The van der Waals surface area contributed by atoms with Crippen LogP contribution >= 0.6 is 0 Å². The first-order chi connectivity index (χ1) is 15.8. The topological polar surface area (TPSA) is 141 Å². The van der Waals surface area contributed by atoms with Crippen LogP contribution in [0.5, 0.6) is 0 Å². The van der Waals surface area contributed by atoms with Crippen molar-refractivity contribution in [2.45, 2.75) is 32.6 Å². The van der Waals surface area contributed by atoms with Crippen LogP contribution < -0.4 is 43.8 Å². The molecule has 0 aromatic heterocycles. The van der Waals surface area contributed by atoms with E-state index < -0.39 is 0 Å². The van der Waals surface area contributed by atoms with E-state index in [-0.39, 0.29) is 0 Å². The molecule has 0 bridgehead atoms. The maximum absolute atomic E-state index is 5.66.